The van der Waals surface area contributed by atoms with Gasteiger partial charge in [-0.3, -0.25) is 0 Å². The molecule has 0 aliphatic carbocycles. The summed E-state index contributed by atoms with van der Waals surface area (Å²) in [6.07, 6.45) is -0.682. The van der Waals surface area contributed by atoms with Crippen LogP contribution in [0, 0.1) is 0 Å². The van der Waals surface area contributed by atoms with E-state index >= 15 is 0 Å². The summed E-state index contributed by atoms with van der Waals surface area (Å²) >= 11 is 5.80. The molecule has 0 bridgehead atoms. The van der Waals surface area contributed by atoms with Crippen LogP contribution in [0.1, 0.15) is 17.6 Å². The van der Waals surface area contributed by atoms with Crippen LogP contribution in [0.25, 0.3) is 10.8 Å². The van der Waals surface area contributed by atoms with Crippen molar-refractivity contribution in [1.82, 2.24) is 9.97 Å². The first-order chi connectivity index (χ1) is 11.1. The Kier molecular flexibility index (Phi) is 4.67. The third-order valence-electron chi connectivity index (χ3n) is 3.63. The van der Waals surface area contributed by atoms with Gasteiger partial charge in [0, 0.05) is 18.2 Å². The molecular formula is C17H14ClF2N3. The Morgan fingerprint density at radius 1 is 1.09 bits per heavy atom. The van der Waals surface area contributed by atoms with Crippen LogP contribution in [0.4, 0.5) is 14.6 Å². The number of benzene rings is 2. The zero-order valence-corrected chi connectivity index (χ0v) is 12.9. The number of anilines is 1. The van der Waals surface area contributed by atoms with Crippen molar-refractivity contribution in [3.63, 3.8) is 0 Å². The predicted molar refractivity (Wildman–Crippen MR) is 88.1 cm³/mol. The molecule has 1 aromatic heterocycles. The normalized spacial score (nSPS) is 11.1. The summed E-state index contributed by atoms with van der Waals surface area (Å²) in [5, 5.41) is 5.23. The monoisotopic (exact) mass is 333 g/mol. The number of nitrogens with one attached hydrogen (secondary N) is 1. The van der Waals surface area contributed by atoms with Crippen LogP contribution < -0.4 is 5.32 Å². The van der Waals surface area contributed by atoms with Crippen molar-refractivity contribution in [3.05, 3.63) is 65.1 Å². The van der Waals surface area contributed by atoms with Gasteiger partial charge in [-0.2, -0.15) is 0 Å². The lowest BCUT2D eigenvalue weighted by atomic mass is 9.96. The van der Waals surface area contributed by atoms with Crippen LogP contribution >= 0.6 is 11.6 Å². The van der Waals surface area contributed by atoms with E-state index in [2.05, 4.69) is 15.3 Å². The summed E-state index contributed by atoms with van der Waals surface area (Å²) in [6.45, 7) is 0.473. The second kappa shape index (κ2) is 6.87. The van der Waals surface area contributed by atoms with Gasteiger partial charge in [0.1, 0.15) is 17.3 Å². The molecule has 0 saturated carbocycles. The highest BCUT2D eigenvalue weighted by molar-refractivity contribution is 6.29. The van der Waals surface area contributed by atoms with Gasteiger partial charge in [-0.25, -0.2) is 18.7 Å². The minimum Gasteiger partial charge on any atom is -0.370 e. The summed E-state index contributed by atoms with van der Waals surface area (Å²) in [6, 6.07) is 12.4. The molecule has 0 amide bonds. The number of aromatic nitrogens is 2. The molecule has 23 heavy (non-hydrogen) atoms. The third-order valence-corrected chi connectivity index (χ3v) is 3.83. The molecule has 0 aliphatic heterocycles. The van der Waals surface area contributed by atoms with Gasteiger partial charge in [0.25, 0.3) is 6.43 Å². The first-order valence-corrected chi connectivity index (χ1v) is 7.53. The second-order valence-electron chi connectivity index (χ2n) is 5.06. The summed E-state index contributed by atoms with van der Waals surface area (Å²) in [4.78, 5) is 7.84. The summed E-state index contributed by atoms with van der Waals surface area (Å²) in [5.41, 5.74) is 0.733. The number of nitrogens with zero attached hydrogens (tertiary/aromatic N) is 2. The Morgan fingerprint density at radius 3 is 2.70 bits per heavy atom. The molecule has 3 rings (SSSR count). The number of fused-ring (bicyclic) bond motifs is 1. The second-order valence-corrected chi connectivity index (χ2v) is 5.45. The summed E-state index contributed by atoms with van der Waals surface area (Å²) < 4.78 is 26.6. The lowest BCUT2D eigenvalue weighted by molar-refractivity contribution is 0.150. The van der Waals surface area contributed by atoms with E-state index in [1.54, 1.807) is 12.1 Å². The molecule has 0 saturated heterocycles. The van der Waals surface area contributed by atoms with Crippen molar-refractivity contribution in [2.75, 3.05) is 11.9 Å². The van der Waals surface area contributed by atoms with E-state index in [9.17, 15) is 8.78 Å². The third kappa shape index (κ3) is 3.56. The van der Waals surface area contributed by atoms with E-state index < -0.39 is 6.43 Å². The average Bonchev–Trinajstić information content (AvgIpc) is 2.54. The van der Waals surface area contributed by atoms with Crippen LogP contribution in [0.5, 0.6) is 0 Å². The van der Waals surface area contributed by atoms with Crippen LogP contribution in [0.15, 0.2) is 48.8 Å². The average molecular weight is 334 g/mol. The lowest BCUT2D eigenvalue weighted by Gasteiger charge is -2.13. The molecule has 2 aromatic carbocycles. The number of halogens is 3. The Balaban J connectivity index is 1.84. The number of hydrogen-bond donors (Lipinski definition) is 1. The zero-order valence-electron chi connectivity index (χ0n) is 12.1. The minimum absolute atomic E-state index is 0.0752. The summed E-state index contributed by atoms with van der Waals surface area (Å²) in [7, 11) is 0. The maximum Gasteiger partial charge on any atom is 0.264 e. The molecule has 1 N–H and O–H groups in total. The van der Waals surface area contributed by atoms with Crippen molar-refractivity contribution in [1.29, 1.82) is 0 Å². The molecule has 0 unspecified atom stereocenters. The molecule has 3 aromatic rings. The highest BCUT2D eigenvalue weighted by Crippen LogP contribution is 2.30. The molecule has 0 atom stereocenters. The molecule has 118 valence electrons. The maximum absolute atomic E-state index is 13.3. The predicted octanol–water partition coefficient (Wildman–Crippen LogP) is 4.88. The van der Waals surface area contributed by atoms with Gasteiger partial charge in [0.05, 0.1) is 0 Å². The molecule has 3 nitrogen and oxygen atoms in total. The van der Waals surface area contributed by atoms with Crippen molar-refractivity contribution in [3.8, 4) is 0 Å². The van der Waals surface area contributed by atoms with E-state index in [1.807, 2.05) is 24.3 Å². The van der Waals surface area contributed by atoms with Gasteiger partial charge in [0.2, 0.25) is 0 Å². The molecule has 6 heteroatoms. The van der Waals surface area contributed by atoms with E-state index in [0.29, 0.717) is 29.5 Å². The summed E-state index contributed by atoms with van der Waals surface area (Å²) in [5.74, 6) is 0.573. The number of alkyl halides is 2. The van der Waals surface area contributed by atoms with Crippen molar-refractivity contribution in [2.45, 2.75) is 12.8 Å². The highest BCUT2D eigenvalue weighted by atomic mass is 35.5. The Labute approximate surface area is 137 Å². The number of hydrogen-bond acceptors (Lipinski definition) is 3. The smallest absolute Gasteiger partial charge is 0.264 e. The van der Waals surface area contributed by atoms with Gasteiger partial charge < -0.3 is 5.32 Å². The van der Waals surface area contributed by atoms with E-state index in [4.69, 9.17) is 11.6 Å². The first kappa shape index (κ1) is 15.6. The first-order valence-electron chi connectivity index (χ1n) is 7.15. The molecule has 0 spiro atoms. The molecule has 0 aliphatic rings. The van der Waals surface area contributed by atoms with Crippen LogP contribution in [-0.4, -0.2) is 16.5 Å². The zero-order chi connectivity index (χ0) is 16.2. The van der Waals surface area contributed by atoms with Gasteiger partial charge in [-0.1, -0.05) is 48.0 Å². The molecular weight excluding hydrogens is 320 g/mol. The Bertz CT molecular complexity index is 824. The molecule has 0 radical (unpaired) electrons. The van der Waals surface area contributed by atoms with Crippen molar-refractivity contribution in [2.24, 2.45) is 0 Å². The largest absolute Gasteiger partial charge is 0.370 e. The van der Waals surface area contributed by atoms with Crippen LogP contribution in [0.2, 0.25) is 5.15 Å². The fourth-order valence-electron chi connectivity index (χ4n) is 2.58. The van der Waals surface area contributed by atoms with E-state index in [1.165, 1.54) is 12.4 Å². The maximum atomic E-state index is 13.3. The van der Waals surface area contributed by atoms with E-state index in [0.717, 1.165) is 10.8 Å². The van der Waals surface area contributed by atoms with Crippen LogP contribution in [0.3, 0.4) is 0 Å². The highest BCUT2D eigenvalue weighted by Gasteiger charge is 2.15. The van der Waals surface area contributed by atoms with Gasteiger partial charge in [-0.05, 0) is 22.8 Å². The topological polar surface area (TPSA) is 37.8 Å². The number of rotatable bonds is 5. The standard InChI is InChI=1S/C17H14ClF2N3/c18-15-9-16(23-10-22-15)21-8-7-13-12-4-2-1-3-11(12)5-6-14(13)17(19)20/h1-6,9-10,17H,7-8H2,(H,21,22,23). The van der Waals surface area contributed by atoms with E-state index in [-0.39, 0.29) is 5.56 Å². The quantitative estimate of drug-likeness (QED) is 0.676. The van der Waals surface area contributed by atoms with Crippen molar-refractivity contribution < 1.29 is 8.78 Å². The van der Waals surface area contributed by atoms with Crippen LogP contribution in [-0.2, 0) is 6.42 Å². The fourth-order valence-corrected chi connectivity index (χ4v) is 2.73. The Morgan fingerprint density at radius 2 is 1.91 bits per heavy atom. The van der Waals surface area contributed by atoms with Gasteiger partial charge >= 0.3 is 0 Å². The SMILES string of the molecule is FC(F)c1ccc2ccccc2c1CCNc1cc(Cl)ncn1. The van der Waals surface area contributed by atoms with Gasteiger partial charge in [-0.15, -0.1) is 0 Å². The van der Waals surface area contributed by atoms with Gasteiger partial charge in [0.15, 0.2) is 0 Å². The Hall–Kier alpha value is -2.27. The molecule has 1 heterocycles. The van der Waals surface area contributed by atoms with Crippen molar-refractivity contribution >= 4 is 28.2 Å². The molecule has 0 fully saturated rings. The lowest BCUT2D eigenvalue weighted by Crippen LogP contribution is -2.08. The fraction of sp³-hybridized carbons (Fsp3) is 0.176. The minimum atomic E-state index is -2.50.